The number of aromatic hydroxyl groups is 1. The third-order valence-corrected chi connectivity index (χ3v) is 3.88. The number of Topliss-reactive ketones (excluding diaryl/α,β-unsaturated/α-hetero) is 1. The quantitative estimate of drug-likeness (QED) is 0.848. The monoisotopic (exact) mass is 301 g/mol. The molecule has 0 saturated heterocycles. The molecule has 1 aliphatic rings. The summed E-state index contributed by atoms with van der Waals surface area (Å²) in [6.45, 7) is 3.70. The van der Waals surface area contributed by atoms with Crippen LogP contribution in [0.3, 0.4) is 0 Å². The van der Waals surface area contributed by atoms with E-state index in [-0.39, 0.29) is 29.6 Å². The summed E-state index contributed by atoms with van der Waals surface area (Å²) in [6.07, 6.45) is 6.85. The Labute approximate surface area is 131 Å². The van der Waals surface area contributed by atoms with Gasteiger partial charge >= 0.3 is 0 Å². The Morgan fingerprint density at radius 3 is 2.59 bits per heavy atom. The van der Waals surface area contributed by atoms with E-state index < -0.39 is 0 Å². The molecule has 2 unspecified atom stereocenters. The molecule has 3 atom stereocenters. The lowest BCUT2D eigenvalue weighted by atomic mass is 9.91. The van der Waals surface area contributed by atoms with Crippen molar-refractivity contribution in [3.63, 3.8) is 0 Å². The number of hydrogen-bond acceptors (Lipinski definition) is 4. The van der Waals surface area contributed by atoms with Gasteiger partial charge in [-0.15, -0.1) is 0 Å². The molecule has 0 fully saturated rings. The normalized spacial score (nSPS) is 22.0. The van der Waals surface area contributed by atoms with Crippen molar-refractivity contribution in [1.29, 1.82) is 0 Å². The van der Waals surface area contributed by atoms with Gasteiger partial charge in [0.1, 0.15) is 23.4 Å². The van der Waals surface area contributed by atoms with Crippen LogP contribution in [0.25, 0.3) is 0 Å². The molecule has 0 saturated carbocycles. The zero-order valence-corrected chi connectivity index (χ0v) is 13.2. The highest BCUT2D eigenvalue weighted by Gasteiger charge is 2.21. The van der Waals surface area contributed by atoms with Gasteiger partial charge in [-0.1, -0.05) is 19.1 Å². The fourth-order valence-corrected chi connectivity index (χ4v) is 2.53. The second kappa shape index (κ2) is 7.27. The number of ketones is 1. The molecule has 0 aliphatic heterocycles. The lowest BCUT2D eigenvalue weighted by Gasteiger charge is -2.25. The number of phenolic OH excluding ortho intramolecular Hbond substituents is 1. The van der Waals surface area contributed by atoms with E-state index in [0.29, 0.717) is 6.42 Å². The first-order valence-corrected chi connectivity index (χ1v) is 7.52. The number of carbonyl (C=O) groups is 1. The molecule has 4 nitrogen and oxygen atoms in total. The molecule has 2 N–H and O–H groups in total. The summed E-state index contributed by atoms with van der Waals surface area (Å²) in [5.74, 6) is 1.32. The van der Waals surface area contributed by atoms with Crippen molar-refractivity contribution in [3.05, 3.63) is 48.1 Å². The third-order valence-electron chi connectivity index (χ3n) is 3.88. The topological polar surface area (TPSA) is 58.6 Å². The molecule has 0 radical (unpaired) electrons. The summed E-state index contributed by atoms with van der Waals surface area (Å²) < 4.78 is 5.92. The van der Waals surface area contributed by atoms with Crippen LogP contribution >= 0.6 is 0 Å². The van der Waals surface area contributed by atoms with Crippen molar-refractivity contribution in [2.24, 2.45) is 5.92 Å². The minimum atomic E-state index is -0.141. The van der Waals surface area contributed by atoms with Gasteiger partial charge in [0.25, 0.3) is 0 Å². The standard InChI is InChI=1S/C18H23NO3/c1-12-10-14(11-17(19-3)13(2)20)4-9-18(12)22-16-7-5-15(21)6-8-16/h4-10,12,17-19,21H,11H2,1-3H3/t12?,17-,18?/m0/s1. The number of allylic oxidation sites excluding steroid dienone is 1. The van der Waals surface area contributed by atoms with Gasteiger partial charge in [-0.25, -0.2) is 0 Å². The number of benzene rings is 1. The van der Waals surface area contributed by atoms with Crippen molar-refractivity contribution in [1.82, 2.24) is 5.32 Å². The molecule has 0 bridgehead atoms. The maximum absolute atomic E-state index is 11.5. The SMILES string of the molecule is CN[C@@H](CC1=CC(C)C(Oc2ccc(O)cc2)C=C1)C(C)=O. The van der Waals surface area contributed by atoms with Crippen molar-refractivity contribution in [2.75, 3.05) is 7.05 Å². The Morgan fingerprint density at radius 1 is 1.36 bits per heavy atom. The van der Waals surface area contributed by atoms with Crippen molar-refractivity contribution in [3.8, 4) is 11.5 Å². The molecule has 4 heteroatoms. The fourth-order valence-electron chi connectivity index (χ4n) is 2.53. The highest BCUT2D eigenvalue weighted by atomic mass is 16.5. The molecule has 1 aromatic rings. The Hall–Kier alpha value is -2.07. The molecular weight excluding hydrogens is 278 g/mol. The van der Waals surface area contributed by atoms with E-state index in [1.54, 1.807) is 38.2 Å². The van der Waals surface area contributed by atoms with E-state index in [1.165, 1.54) is 0 Å². The Kier molecular flexibility index (Phi) is 5.39. The molecule has 0 heterocycles. The number of hydrogen-bond donors (Lipinski definition) is 2. The van der Waals surface area contributed by atoms with Gasteiger partial charge < -0.3 is 15.2 Å². The van der Waals surface area contributed by atoms with Gasteiger partial charge in [-0.2, -0.15) is 0 Å². The van der Waals surface area contributed by atoms with Crippen LogP contribution in [0.2, 0.25) is 0 Å². The van der Waals surface area contributed by atoms with Crippen molar-refractivity contribution in [2.45, 2.75) is 32.4 Å². The largest absolute Gasteiger partial charge is 0.508 e. The average Bonchev–Trinajstić information content (AvgIpc) is 2.49. The predicted octanol–water partition coefficient (Wildman–Crippen LogP) is 2.84. The second-order valence-corrected chi connectivity index (χ2v) is 5.69. The van der Waals surface area contributed by atoms with E-state index in [2.05, 4.69) is 18.3 Å². The number of rotatable bonds is 6. The first kappa shape index (κ1) is 16.3. The lowest BCUT2D eigenvalue weighted by Crippen LogP contribution is -2.33. The molecule has 1 aliphatic carbocycles. The van der Waals surface area contributed by atoms with E-state index in [0.717, 1.165) is 11.3 Å². The van der Waals surface area contributed by atoms with Crippen LogP contribution in [-0.4, -0.2) is 30.1 Å². The summed E-state index contributed by atoms with van der Waals surface area (Å²) in [5.41, 5.74) is 1.15. The summed E-state index contributed by atoms with van der Waals surface area (Å²) in [6, 6.07) is 6.58. The average molecular weight is 301 g/mol. The van der Waals surface area contributed by atoms with Crippen molar-refractivity contribution >= 4 is 5.78 Å². The molecule has 0 aromatic heterocycles. The molecule has 22 heavy (non-hydrogen) atoms. The zero-order valence-electron chi connectivity index (χ0n) is 13.2. The Balaban J connectivity index is 1.98. The van der Waals surface area contributed by atoms with Gasteiger partial charge in [0, 0.05) is 5.92 Å². The first-order chi connectivity index (χ1) is 10.5. The minimum Gasteiger partial charge on any atom is -0.508 e. The van der Waals surface area contributed by atoms with Crippen LogP contribution in [0.4, 0.5) is 0 Å². The maximum Gasteiger partial charge on any atom is 0.147 e. The minimum absolute atomic E-state index is 0.0429. The lowest BCUT2D eigenvalue weighted by molar-refractivity contribution is -0.118. The molecule has 1 aromatic carbocycles. The van der Waals surface area contributed by atoms with Gasteiger partial charge in [-0.05, 0) is 56.3 Å². The van der Waals surface area contributed by atoms with Gasteiger partial charge in [0.15, 0.2) is 0 Å². The van der Waals surface area contributed by atoms with Gasteiger partial charge in [0.05, 0.1) is 6.04 Å². The molecule has 118 valence electrons. The van der Waals surface area contributed by atoms with Crippen LogP contribution < -0.4 is 10.1 Å². The number of carbonyl (C=O) groups excluding carboxylic acids is 1. The number of nitrogens with one attached hydrogen (secondary N) is 1. The second-order valence-electron chi connectivity index (χ2n) is 5.69. The summed E-state index contributed by atoms with van der Waals surface area (Å²) >= 11 is 0. The number of likely N-dealkylation sites (N-methyl/N-ethyl adjacent to an activating group) is 1. The summed E-state index contributed by atoms with van der Waals surface area (Å²) in [4.78, 5) is 11.5. The zero-order chi connectivity index (χ0) is 16.1. The molecule has 0 amide bonds. The van der Waals surface area contributed by atoms with E-state index in [1.807, 2.05) is 12.2 Å². The summed E-state index contributed by atoms with van der Waals surface area (Å²) in [7, 11) is 1.80. The Morgan fingerprint density at radius 2 is 2.05 bits per heavy atom. The highest BCUT2D eigenvalue weighted by molar-refractivity contribution is 5.81. The first-order valence-electron chi connectivity index (χ1n) is 7.52. The fraction of sp³-hybridized carbons (Fsp3) is 0.389. The van der Waals surface area contributed by atoms with Crippen LogP contribution in [0, 0.1) is 5.92 Å². The number of ether oxygens (including phenoxy) is 1. The maximum atomic E-state index is 11.5. The van der Waals surface area contributed by atoms with Crippen LogP contribution in [-0.2, 0) is 4.79 Å². The smallest absolute Gasteiger partial charge is 0.147 e. The molecular formula is C18H23NO3. The summed E-state index contributed by atoms with van der Waals surface area (Å²) in [5, 5.41) is 12.3. The van der Waals surface area contributed by atoms with Crippen LogP contribution in [0.15, 0.2) is 48.1 Å². The van der Waals surface area contributed by atoms with E-state index in [9.17, 15) is 9.90 Å². The predicted molar refractivity (Wildman–Crippen MR) is 87.1 cm³/mol. The third kappa shape index (κ3) is 4.21. The van der Waals surface area contributed by atoms with E-state index in [4.69, 9.17) is 4.74 Å². The number of phenols is 1. The Bertz CT molecular complexity index is 574. The molecule has 0 spiro atoms. The van der Waals surface area contributed by atoms with Crippen molar-refractivity contribution < 1.29 is 14.6 Å². The van der Waals surface area contributed by atoms with Crippen LogP contribution in [0.5, 0.6) is 11.5 Å². The molecule has 2 rings (SSSR count). The highest BCUT2D eigenvalue weighted by Crippen LogP contribution is 2.25. The van der Waals surface area contributed by atoms with Gasteiger partial charge in [0.2, 0.25) is 0 Å². The van der Waals surface area contributed by atoms with Crippen LogP contribution in [0.1, 0.15) is 20.3 Å². The van der Waals surface area contributed by atoms with E-state index >= 15 is 0 Å². The van der Waals surface area contributed by atoms with Gasteiger partial charge in [-0.3, -0.25) is 4.79 Å².